The van der Waals surface area contributed by atoms with Crippen molar-refractivity contribution in [1.82, 2.24) is 4.90 Å². The number of likely N-dealkylation sites (N-methyl/N-ethyl adjacent to an activating group) is 1. The van der Waals surface area contributed by atoms with Crippen LogP contribution in [-0.4, -0.2) is 38.1 Å². The Hall–Kier alpha value is -2.53. The van der Waals surface area contributed by atoms with Crippen molar-refractivity contribution in [1.29, 1.82) is 0 Å². The summed E-state index contributed by atoms with van der Waals surface area (Å²) in [4.78, 5) is 14.4. The Morgan fingerprint density at radius 2 is 1.92 bits per heavy atom. The van der Waals surface area contributed by atoms with E-state index in [1.807, 2.05) is 37.3 Å². The van der Waals surface area contributed by atoms with Gasteiger partial charge in [0.15, 0.2) is 0 Å². The van der Waals surface area contributed by atoms with Gasteiger partial charge in [-0.3, -0.25) is 9.69 Å². The largest absolute Gasteiger partial charge is 0.497 e. The van der Waals surface area contributed by atoms with Crippen molar-refractivity contribution < 1.29 is 14.3 Å². The molecule has 5 nitrogen and oxygen atoms in total. The monoisotopic (exact) mass is 342 g/mol. The minimum atomic E-state index is -0.0540. The number of nitrogens with zero attached hydrogens (tertiary/aromatic N) is 1. The van der Waals surface area contributed by atoms with Gasteiger partial charge in [0.1, 0.15) is 11.5 Å². The zero-order chi connectivity index (χ0) is 18.2. The molecule has 0 atom stereocenters. The van der Waals surface area contributed by atoms with Gasteiger partial charge >= 0.3 is 0 Å². The second kappa shape index (κ2) is 9.08. The van der Waals surface area contributed by atoms with Crippen LogP contribution in [0.1, 0.15) is 18.1 Å². The Kier molecular flexibility index (Phi) is 6.83. The first-order chi connectivity index (χ1) is 12.0. The number of aryl methyl sites for hydroxylation is 1. The second-order valence-electron chi connectivity index (χ2n) is 5.90. The minimum absolute atomic E-state index is 0.0540. The first-order valence-electron chi connectivity index (χ1n) is 8.35. The molecule has 134 valence electrons. The third kappa shape index (κ3) is 5.50. The van der Waals surface area contributed by atoms with Gasteiger partial charge in [0.25, 0.3) is 0 Å². The summed E-state index contributed by atoms with van der Waals surface area (Å²) >= 11 is 0. The molecule has 1 N–H and O–H groups in total. The van der Waals surface area contributed by atoms with Crippen LogP contribution in [0.15, 0.2) is 42.5 Å². The predicted octanol–water partition coefficient (Wildman–Crippen LogP) is 3.47. The summed E-state index contributed by atoms with van der Waals surface area (Å²) in [5, 5.41) is 2.92. The zero-order valence-corrected chi connectivity index (χ0v) is 15.3. The molecule has 0 saturated heterocycles. The lowest BCUT2D eigenvalue weighted by Crippen LogP contribution is -2.32. The van der Waals surface area contributed by atoms with Gasteiger partial charge in [-0.05, 0) is 31.7 Å². The van der Waals surface area contributed by atoms with Crippen LogP contribution in [0.5, 0.6) is 11.5 Å². The van der Waals surface area contributed by atoms with E-state index in [1.165, 1.54) is 5.56 Å². The summed E-state index contributed by atoms with van der Waals surface area (Å²) in [6.45, 7) is 5.83. The van der Waals surface area contributed by atoms with Gasteiger partial charge in [0.2, 0.25) is 5.91 Å². The second-order valence-corrected chi connectivity index (χ2v) is 5.90. The van der Waals surface area contributed by atoms with Crippen molar-refractivity contribution >= 4 is 11.6 Å². The number of amides is 1. The summed E-state index contributed by atoms with van der Waals surface area (Å²) in [5.41, 5.74) is 2.99. The normalized spacial score (nSPS) is 10.6. The molecule has 5 heteroatoms. The van der Waals surface area contributed by atoms with Crippen LogP contribution < -0.4 is 14.8 Å². The number of hydrogen-bond donors (Lipinski definition) is 1. The molecule has 0 aromatic heterocycles. The topological polar surface area (TPSA) is 50.8 Å². The van der Waals surface area contributed by atoms with E-state index in [-0.39, 0.29) is 5.91 Å². The molecule has 0 aliphatic rings. The fourth-order valence-corrected chi connectivity index (χ4v) is 2.66. The lowest BCUT2D eigenvalue weighted by Gasteiger charge is -2.21. The maximum Gasteiger partial charge on any atom is 0.238 e. The maximum absolute atomic E-state index is 12.4. The van der Waals surface area contributed by atoms with Crippen molar-refractivity contribution in [3.8, 4) is 11.5 Å². The quantitative estimate of drug-likeness (QED) is 0.798. The van der Waals surface area contributed by atoms with Crippen LogP contribution in [0.2, 0.25) is 0 Å². The minimum Gasteiger partial charge on any atom is -0.497 e. The highest BCUT2D eigenvalue weighted by molar-refractivity contribution is 5.92. The zero-order valence-electron chi connectivity index (χ0n) is 15.3. The molecule has 0 fully saturated rings. The van der Waals surface area contributed by atoms with Crippen LogP contribution in [0.4, 0.5) is 5.69 Å². The number of hydrogen-bond acceptors (Lipinski definition) is 4. The van der Waals surface area contributed by atoms with Gasteiger partial charge in [-0.2, -0.15) is 0 Å². The van der Waals surface area contributed by atoms with E-state index < -0.39 is 0 Å². The Morgan fingerprint density at radius 3 is 2.60 bits per heavy atom. The Balaban J connectivity index is 2.01. The third-order valence-corrected chi connectivity index (χ3v) is 4.00. The average Bonchev–Trinajstić information content (AvgIpc) is 2.61. The van der Waals surface area contributed by atoms with Crippen LogP contribution in [0.3, 0.4) is 0 Å². The van der Waals surface area contributed by atoms with Crippen LogP contribution >= 0.6 is 0 Å². The van der Waals surface area contributed by atoms with Crippen LogP contribution in [-0.2, 0) is 11.3 Å². The Bertz CT molecular complexity index is 716. The first-order valence-corrected chi connectivity index (χ1v) is 8.35. The van der Waals surface area contributed by atoms with Crippen molar-refractivity contribution in [2.45, 2.75) is 20.4 Å². The molecular weight excluding hydrogens is 316 g/mol. The standard InChI is InChI=1S/C20H26N2O3/c1-5-22(13-16-11-15(2)9-10-19(16)25-4)14-20(23)21-17-7-6-8-18(12-17)24-3/h6-12H,5,13-14H2,1-4H3,(H,21,23). The average molecular weight is 342 g/mol. The van der Waals surface area contributed by atoms with E-state index in [9.17, 15) is 4.79 Å². The molecular formula is C20H26N2O3. The van der Waals surface area contributed by atoms with Crippen molar-refractivity contribution in [3.05, 3.63) is 53.6 Å². The summed E-state index contributed by atoms with van der Waals surface area (Å²) in [6.07, 6.45) is 0. The van der Waals surface area contributed by atoms with E-state index >= 15 is 0 Å². The summed E-state index contributed by atoms with van der Waals surface area (Å²) in [7, 11) is 3.27. The number of anilines is 1. The Labute approximate surface area is 149 Å². The number of rotatable bonds is 8. The number of ether oxygens (including phenoxy) is 2. The maximum atomic E-state index is 12.4. The fraction of sp³-hybridized carbons (Fsp3) is 0.350. The third-order valence-electron chi connectivity index (χ3n) is 4.00. The molecule has 0 saturated carbocycles. The smallest absolute Gasteiger partial charge is 0.238 e. The number of carbonyl (C=O) groups excluding carboxylic acids is 1. The molecule has 0 aliphatic heterocycles. The molecule has 0 heterocycles. The lowest BCUT2D eigenvalue weighted by molar-refractivity contribution is -0.117. The molecule has 0 radical (unpaired) electrons. The molecule has 25 heavy (non-hydrogen) atoms. The van der Waals surface area contributed by atoms with E-state index in [0.717, 1.165) is 29.3 Å². The molecule has 0 aliphatic carbocycles. The van der Waals surface area contributed by atoms with E-state index in [0.29, 0.717) is 13.1 Å². The molecule has 0 spiro atoms. The highest BCUT2D eigenvalue weighted by atomic mass is 16.5. The first kappa shape index (κ1) is 18.8. The highest BCUT2D eigenvalue weighted by Crippen LogP contribution is 2.21. The van der Waals surface area contributed by atoms with Gasteiger partial charge in [0, 0.05) is 23.9 Å². The number of carbonyl (C=O) groups is 1. The van der Waals surface area contributed by atoms with Gasteiger partial charge in [0.05, 0.1) is 20.8 Å². The van der Waals surface area contributed by atoms with E-state index in [4.69, 9.17) is 9.47 Å². The number of benzene rings is 2. The van der Waals surface area contributed by atoms with Crippen molar-refractivity contribution in [3.63, 3.8) is 0 Å². The van der Waals surface area contributed by atoms with Gasteiger partial charge in [-0.25, -0.2) is 0 Å². The van der Waals surface area contributed by atoms with Gasteiger partial charge < -0.3 is 14.8 Å². The summed E-state index contributed by atoms with van der Waals surface area (Å²) in [5.74, 6) is 1.51. The SMILES string of the molecule is CCN(CC(=O)Nc1cccc(OC)c1)Cc1cc(C)ccc1OC. The van der Waals surface area contributed by atoms with Crippen LogP contribution in [0, 0.1) is 6.92 Å². The van der Waals surface area contributed by atoms with Gasteiger partial charge in [-0.1, -0.05) is 30.7 Å². The number of methoxy groups -OCH3 is 2. The molecule has 2 aromatic carbocycles. The van der Waals surface area contributed by atoms with Crippen molar-refractivity contribution in [2.75, 3.05) is 32.6 Å². The van der Waals surface area contributed by atoms with E-state index in [2.05, 4.69) is 23.2 Å². The molecule has 0 bridgehead atoms. The summed E-state index contributed by atoms with van der Waals surface area (Å²) in [6, 6.07) is 13.4. The fourth-order valence-electron chi connectivity index (χ4n) is 2.66. The van der Waals surface area contributed by atoms with Crippen molar-refractivity contribution in [2.24, 2.45) is 0 Å². The number of nitrogens with one attached hydrogen (secondary N) is 1. The molecule has 2 aromatic rings. The van der Waals surface area contributed by atoms with Crippen LogP contribution in [0.25, 0.3) is 0 Å². The Morgan fingerprint density at radius 1 is 1.12 bits per heavy atom. The summed E-state index contributed by atoms with van der Waals surface area (Å²) < 4.78 is 10.6. The van der Waals surface area contributed by atoms with Gasteiger partial charge in [-0.15, -0.1) is 0 Å². The molecule has 2 rings (SSSR count). The highest BCUT2D eigenvalue weighted by Gasteiger charge is 2.13. The van der Waals surface area contributed by atoms with E-state index in [1.54, 1.807) is 20.3 Å². The molecule has 1 amide bonds. The predicted molar refractivity (Wildman–Crippen MR) is 100 cm³/mol. The lowest BCUT2D eigenvalue weighted by atomic mass is 10.1. The molecule has 0 unspecified atom stereocenters.